The normalized spacial score (nSPS) is 12.5. The van der Waals surface area contributed by atoms with Crippen molar-refractivity contribution >= 4 is 40.2 Å². The molecule has 0 aromatic carbocycles. The smallest absolute Gasteiger partial charge is 0.434 e. The number of halogens is 3. The Morgan fingerprint density at radius 1 is 1.14 bits per heavy atom. The summed E-state index contributed by atoms with van der Waals surface area (Å²) < 4.78 is 41.5. The Bertz CT molecular complexity index is 1700. The third-order valence-corrected chi connectivity index (χ3v) is 7.14. The van der Waals surface area contributed by atoms with Crippen molar-refractivity contribution in [3.63, 3.8) is 0 Å². The van der Waals surface area contributed by atoms with E-state index in [1.807, 2.05) is 13.8 Å². The van der Waals surface area contributed by atoms with E-state index in [0.717, 1.165) is 22.9 Å². The van der Waals surface area contributed by atoms with Crippen LogP contribution in [0.15, 0.2) is 40.9 Å². The number of hydrogen-bond acceptors (Lipinski definition) is 8. The van der Waals surface area contributed by atoms with Crippen molar-refractivity contribution in [2.75, 3.05) is 18.5 Å². The lowest BCUT2D eigenvalue weighted by atomic mass is 10.0. The van der Waals surface area contributed by atoms with Crippen LogP contribution < -0.4 is 16.1 Å². The van der Waals surface area contributed by atoms with Crippen molar-refractivity contribution in [2.24, 2.45) is 5.92 Å². The minimum absolute atomic E-state index is 0.0344. The van der Waals surface area contributed by atoms with Gasteiger partial charge in [-0.05, 0) is 31.4 Å². The minimum atomic E-state index is -4.69. The summed E-state index contributed by atoms with van der Waals surface area (Å²) in [5.74, 6) is -1.30. The largest absolute Gasteiger partial charge is 0.477 e. The van der Waals surface area contributed by atoms with E-state index in [1.54, 1.807) is 6.92 Å². The number of anilines is 1. The first-order chi connectivity index (χ1) is 19.8. The summed E-state index contributed by atoms with van der Waals surface area (Å²) in [4.78, 5) is 49.6. The number of rotatable bonds is 9. The standard InChI is InChI=1S/C27H27F3N6O5S/c1-4-31-26(41)35-21-7-16(24-34-20(12-42-24)27(28,29)30)18(9-32-21)14-6-17-22(38)19(25(39)40)10-36(23(17)33-8-14)15(11-37)5-13(2)3/h6-10,12-13,15,37H,4-5,11H2,1-3H3,(H,39,40)(H2,31,32,35,41)/t15-/m0/s1. The van der Waals surface area contributed by atoms with Crippen LogP contribution in [0.25, 0.3) is 32.7 Å². The highest BCUT2D eigenvalue weighted by Gasteiger charge is 2.34. The molecule has 42 heavy (non-hydrogen) atoms. The van der Waals surface area contributed by atoms with Crippen molar-refractivity contribution in [2.45, 2.75) is 39.4 Å². The molecule has 0 aliphatic carbocycles. The van der Waals surface area contributed by atoms with Crippen LogP contribution in [0.3, 0.4) is 0 Å². The Morgan fingerprint density at radius 3 is 2.48 bits per heavy atom. The number of fused-ring (bicyclic) bond motifs is 1. The van der Waals surface area contributed by atoms with Gasteiger partial charge in [0.05, 0.1) is 18.0 Å². The highest BCUT2D eigenvalue weighted by Crippen LogP contribution is 2.38. The Balaban J connectivity index is 1.95. The molecule has 0 fully saturated rings. The number of hydrogen-bond donors (Lipinski definition) is 4. The van der Waals surface area contributed by atoms with Gasteiger partial charge < -0.3 is 20.1 Å². The second-order valence-corrected chi connectivity index (χ2v) is 10.6. The van der Waals surface area contributed by atoms with Crippen LogP contribution in [-0.4, -0.2) is 54.9 Å². The number of carboxylic acids is 1. The van der Waals surface area contributed by atoms with Crippen LogP contribution in [0.1, 0.15) is 49.3 Å². The minimum Gasteiger partial charge on any atom is -0.477 e. The number of aromatic nitrogens is 4. The van der Waals surface area contributed by atoms with Gasteiger partial charge in [-0.15, -0.1) is 11.3 Å². The number of nitrogens with one attached hydrogen (secondary N) is 2. The molecule has 1 atom stereocenters. The van der Waals surface area contributed by atoms with E-state index in [4.69, 9.17) is 0 Å². The molecule has 4 rings (SSSR count). The third kappa shape index (κ3) is 6.41. The summed E-state index contributed by atoms with van der Waals surface area (Å²) in [7, 11) is 0. The number of aromatic carboxylic acids is 1. The first kappa shape index (κ1) is 30.6. The number of nitrogens with zero attached hydrogens (tertiary/aromatic N) is 4. The molecule has 0 saturated carbocycles. The lowest BCUT2D eigenvalue weighted by Gasteiger charge is -2.22. The van der Waals surface area contributed by atoms with Crippen molar-refractivity contribution in [1.82, 2.24) is 24.8 Å². The van der Waals surface area contributed by atoms with E-state index in [9.17, 15) is 37.8 Å². The van der Waals surface area contributed by atoms with E-state index >= 15 is 0 Å². The number of urea groups is 1. The zero-order chi connectivity index (χ0) is 30.8. The van der Waals surface area contributed by atoms with E-state index in [2.05, 4.69) is 25.6 Å². The zero-order valence-electron chi connectivity index (χ0n) is 22.7. The molecular formula is C27H27F3N6O5S. The van der Waals surface area contributed by atoms with Crippen LogP contribution in [0.2, 0.25) is 0 Å². The molecule has 0 bridgehead atoms. The molecule has 0 spiro atoms. The monoisotopic (exact) mass is 604 g/mol. The van der Waals surface area contributed by atoms with Gasteiger partial charge in [0.15, 0.2) is 5.69 Å². The zero-order valence-corrected chi connectivity index (χ0v) is 23.5. The molecule has 222 valence electrons. The number of carbonyl (C=O) groups excluding carboxylic acids is 1. The van der Waals surface area contributed by atoms with Gasteiger partial charge in [0.25, 0.3) is 0 Å². The lowest BCUT2D eigenvalue weighted by molar-refractivity contribution is -0.140. The lowest BCUT2D eigenvalue weighted by Crippen LogP contribution is -2.28. The Morgan fingerprint density at radius 2 is 1.88 bits per heavy atom. The summed E-state index contributed by atoms with van der Waals surface area (Å²) in [5, 5.41) is 25.6. The maximum absolute atomic E-state index is 13.4. The Labute approximate surface area is 241 Å². The predicted molar refractivity (Wildman–Crippen MR) is 151 cm³/mol. The van der Waals surface area contributed by atoms with E-state index in [1.165, 1.54) is 29.1 Å². The molecule has 4 aromatic rings. The second kappa shape index (κ2) is 12.2. The van der Waals surface area contributed by atoms with Gasteiger partial charge in [0, 0.05) is 47.2 Å². The molecule has 0 aliphatic heterocycles. The fourth-order valence-corrected chi connectivity index (χ4v) is 5.27. The maximum atomic E-state index is 13.4. The summed E-state index contributed by atoms with van der Waals surface area (Å²) in [6, 6.07) is 1.59. The van der Waals surface area contributed by atoms with Crippen LogP contribution in [0, 0.1) is 5.92 Å². The molecule has 4 aromatic heterocycles. The van der Waals surface area contributed by atoms with Crippen molar-refractivity contribution in [3.8, 4) is 21.7 Å². The summed E-state index contributed by atoms with van der Waals surface area (Å²) in [5.41, 5.74) is -1.67. The number of pyridine rings is 3. The van der Waals surface area contributed by atoms with Crippen LogP contribution in [-0.2, 0) is 6.18 Å². The first-order valence-electron chi connectivity index (χ1n) is 12.8. The number of carbonyl (C=O) groups is 2. The number of aliphatic hydroxyl groups is 1. The Hall–Kier alpha value is -4.37. The van der Waals surface area contributed by atoms with Gasteiger partial charge in [-0.1, -0.05) is 13.8 Å². The molecule has 15 heteroatoms. The number of alkyl halides is 3. The number of aliphatic hydroxyl groups excluding tert-OH is 1. The maximum Gasteiger partial charge on any atom is 0.434 e. The summed E-state index contributed by atoms with van der Waals surface area (Å²) >= 11 is 0.725. The van der Waals surface area contributed by atoms with Crippen LogP contribution >= 0.6 is 11.3 Å². The molecule has 11 nitrogen and oxygen atoms in total. The molecule has 0 unspecified atom stereocenters. The van der Waals surface area contributed by atoms with E-state index in [-0.39, 0.29) is 51.1 Å². The fraction of sp³-hybridized carbons (Fsp3) is 0.333. The van der Waals surface area contributed by atoms with Gasteiger partial charge in [-0.25, -0.2) is 24.5 Å². The third-order valence-electron chi connectivity index (χ3n) is 6.27. The highest BCUT2D eigenvalue weighted by atomic mass is 32.1. The molecule has 2 amide bonds. The quantitative estimate of drug-likeness (QED) is 0.207. The number of amides is 2. The molecular weight excluding hydrogens is 577 g/mol. The SMILES string of the molecule is CCNC(=O)Nc1cc(-c2nc(C(F)(F)F)cs2)c(-c2cnc3c(c2)c(=O)c(C(=O)O)cn3[C@H](CO)CC(C)C)cn1. The van der Waals surface area contributed by atoms with E-state index in [0.29, 0.717) is 13.0 Å². The summed E-state index contributed by atoms with van der Waals surface area (Å²) in [6.07, 6.45) is -0.393. The Kier molecular flexibility index (Phi) is 8.92. The first-order valence-corrected chi connectivity index (χ1v) is 13.7. The number of thiazole rings is 1. The molecule has 4 N–H and O–H groups in total. The predicted octanol–water partition coefficient (Wildman–Crippen LogP) is 5.02. The van der Waals surface area contributed by atoms with Crippen molar-refractivity contribution < 1.29 is 33.0 Å². The fourth-order valence-electron chi connectivity index (χ4n) is 4.41. The highest BCUT2D eigenvalue weighted by molar-refractivity contribution is 7.13. The summed E-state index contributed by atoms with van der Waals surface area (Å²) in [6.45, 7) is 5.55. The molecule has 0 aliphatic rings. The van der Waals surface area contributed by atoms with Gasteiger partial charge in [-0.2, -0.15) is 13.2 Å². The van der Waals surface area contributed by atoms with Gasteiger partial charge >= 0.3 is 18.2 Å². The van der Waals surface area contributed by atoms with Gasteiger partial charge in [-0.3, -0.25) is 10.1 Å². The van der Waals surface area contributed by atoms with Gasteiger partial charge in [0.1, 0.15) is 22.0 Å². The van der Waals surface area contributed by atoms with E-state index < -0.39 is 40.9 Å². The molecule has 0 radical (unpaired) electrons. The number of carboxylic acid groups (broad SMARTS) is 1. The average Bonchev–Trinajstić information content (AvgIpc) is 3.43. The second-order valence-electron chi connectivity index (χ2n) is 9.78. The van der Waals surface area contributed by atoms with Crippen LogP contribution in [0.4, 0.5) is 23.8 Å². The van der Waals surface area contributed by atoms with Gasteiger partial charge in [0.2, 0.25) is 5.43 Å². The molecule has 0 saturated heterocycles. The van der Waals surface area contributed by atoms with Crippen LogP contribution in [0.5, 0.6) is 0 Å². The van der Waals surface area contributed by atoms with Crippen molar-refractivity contribution in [3.05, 3.63) is 57.6 Å². The van der Waals surface area contributed by atoms with Crippen molar-refractivity contribution in [1.29, 1.82) is 0 Å². The average molecular weight is 605 g/mol. The topological polar surface area (TPSA) is 159 Å². The molecule has 4 heterocycles.